The van der Waals surface area contributed by atoms with Gasteiger partial charge < -0.3 is 15.6 Å². The molecule has 0 saturated heterocycles. The maximum Gasteiger partial charge on any atom is 0.251 e. The van der Waals surface area contributed by atoms with E-state index in [-0.39, 0.29) is 11.9 Å². The minimum Gasteiger partial charge on any atom is -0.545 e. The van der Waals surface area contributed by atoms with Crippen molar-refractivity contribution >= 4 is 23.8 Å². The maximum absolute atomic E-state index is 11.4. The van der Waals surface area contributed by atoms with Crippen LogP contribution in [-0.2, 0) is 9.59 Å². The standard InChI is InChI=1S/C12H11N5O3/c13-11-15-12(14-9(18)6-7-10(19)20)16-17(11)8-4-2-1-3-5-8/h1-7H,(H,19,20)(H3,13,14,15,16,18)/p-1. The number of hydrogen-bond donors (Lipinski definition) is 2. The molecule has 0 unspecified atom stereocenters. The molecule has 1 aromatic carbocycles. The third-order valence-corrected chi connectivity index (χ3v) is 2.24. The second kappa shape index (κ2) is 5.65. The summed E-state index contributed by atoms with van der Waals surface area (Å²) in [6.07, 6.45) is 1.40. The Bertz CT molecular complexity index is 663. The maximum atomic E-state index is 11.4. The highest BCUT2D eigenvalue weighted by molar-refractivity contribution is 6.01. The van der Waals surface area contributed by atoms with Crippen LogP contribution < -0.4 is 16.2 Å². The fourth-order valence-electron chi connectivity index (χ4n) is 1.43. The second-order valence-electron chi connectivity index (χ2n) is 3.68. The van der Waals surface area contributed by atoms with E-state index in [2.05, 4.69) is 15.4 Å². The first kappa shape index (κ1) is 13.3. The highest BCUT2D eigenvalue weighted by Gasteiger charge is 2.09. The summed E-state index contributed by atoms with van der Waals surface area (Å²) >= 11 is 0. The predicted octanol–water partition coefficient (Wildman–Crippen LogP) is -0.906. The summed E-state index contributed by atoms with van der Waals surface area (Å²) in [7, 11) is 0. The lowest BCUT2D eigenvalue weighted by molar-refractivity contribution is -0.297. The summed E-state index contributed by atoms with van der Waals surface area (Å²) in [6, 6.07) is 8.98. The number of rotatable bonds is 4. The van der Waals surface area contributed by atoms with Gasteiger partial charge in [0.25, 0.3) is 11.9 Å². The zero-order valence-corrected chi connectivity index (χ0v) is 10.2. The Morgan fingerprint density at radius 3 is 2.60 bits per heavy atom. The van der Waals surface area contributed by atoms with Gasteiger partial charge in [-0.1, -0.05) is 18.2 Å². The van der Waals surface area contributed by atoms with Crippen LogP contribution in [0.25, 0.3) is 5.69 Å². The predicted molar refractivity (Wildman–Crippen MR) is 68.5 cm³/mol. The first-order valence-corrected chi connectivity index (χ1v) is 5.54. The molecule has 1 amide bonds. The summed E-state index contributed by atoms with van der Waals surface area (Å²) in [5.41, 5.74) is 6.37. The Kier molecular flexibility index (Phi) is 3.75. The van der Waals surface area contributed by atoms with E-state index in [4.69, 9.17) is 5.73 Å². The number of hydrogen-bond acceptors (Lipinski definition) is 6. The number of carbonyl (C=O) groups is 2. The normalized spacial score (nSPS) is 10.6. The molecule has 1 heterocycles. The van der Waals surface area contributed by atoms with Gasteiger partial charge in [-0.25, -0.2) is 0 Å². The number of amides is 1. The van der Waals surface area contributed by atoms with Gasteiger partial charge in [0.05, 0.1) is 11.7 Å². The zero-order valence-electron chi connectivity index (χ0n) is 10.2. The Balaban J connectivity index is 2.16. The molecule has 0 bridgehead atoms. The molecule has 8 heteroatoms. The number of carboxylic acids is 1. The van der Waals surface area contributed by atoms with Crippen molar-refractivity contribution in [1.82, 2.24) is 14.8 Å². The van der Waals surface area contributed by atoms with Crippen LogP contribution in [-0.4, -0.2) is 26.6 Å². The van der Waals surface area contributed by atoms with Gasteiger partial charge in [-0.2, -0.15) is 9.67 Å². The molecule has 0 radical (unpaired) electrons. The summed E-state index contributed by atoms with van der Waals surface area (Å²) in [5.74, 6) is -2.10. The Morgan fingerprint density at radius 2 is 1.95 bits per heavy atom. The van der Waals surface area contributed by atoms with Gasteiger partial charge in [0.15, 0.2) is 0 Å². The Labute approximate surface area is 113 Å². The van der Waals surface area contributed by atoms with E-state index in [1.165, 1.54) is 4.68 Å². The number of carbonyl (C=O) groups excluding carboxylic acids is 2. The molecule has 0 aliphatic heterocycles. The summed E-state index contributed by atoms with van der Waals surface area (Å²) in [4.78, 5) is 25.4. The molecule has 1 aromatic heterocycles. The van der Waals surface area contributed by atoms with Crippen molar-refractivity contribution < 1.29 is 14.7 Å². The molecule has 0 aliphatic rings. The number of aromatic nitrogens is 3. The Hall–Kier alpha value is -3.16. The molecule has 2 aromatic rings. The third-order valence-electron chi connectivity index (χ3n) is 2.24. The van der Waals surface area contributed by atoms with Crippen molar-refractivity contribution in [3.63, 3.8) is 0 Å². The quantitative estimate of drug-likeness (QED) is 0.694. The number of nitrogens with two attached hydrogens (primary N) is 1. The summed E-state index contributed by atoms with van der Waals surface area (Å²) in [5, 5.41) is 16.5. The van der Waals surface area contributed by atoms with Crippen LogP contribution >= 0.6 is 0 Å². The van der Waals surface area contributed by atoms with Crippen molar-refractivity contribution in [2.45, 2.75) is 0 Å². The van der Waals surface area contributed by atoms with Crippen LogP contribution in [0.5, 0.6) is 0 Å². The average molecular weight is 272 g/mol. The lowest BCUT2D eigenvalue weighted by Crippen LogP contribution is -2.20. The zero-order chi connectivity index (χ0) is 14.5. The second-order valence-corrected chi connectivity index (χ2v) is 3.68. The molecule has 102 valence electrons. The van der Waals surface area contributed by atoms with E-state index >= 15 is 0 Å². The van der Waals surface area contributed by atoms with Crippen LogP contribution in [0.4, 0.5) is 11.9 Å². The molecule has 20 heavy (non-hydrogen) atoms. The molecule has 8 nitrogen and oxygen atoms in total. The van der Waals surface area contributed by atoms with Crippen molar-refractivity contribution in [2.75, 3.05) is 11.1 Å². The third kappa shape index (κ3) is 3.19. The number of para-hydroxylation sites is 1. The van der Waals surface area contributed by atoms with Gasteiger partial charge in [0, 0.05) is 6.08 Å². The fraction of sp³-hybridized carbons (Fsp3) is 0. The van der Waals surface area contributed by atoms with Crippen LogP contribution in [0.2, 0.25) is 0 Å². The molecule has 0 saturated carbocycles. The number of nitrogen functional groups attached to an aromatic ring is 1. The fourth-order valence-corrected chi connectivity index (χ4v) is 1.43. The number of carboxylic acid groups (broad SMARTS) is 1. The highest BCUT2D eigenvalue weighted by Crippen LogP contribution is 2.12. The highest BCUT2D eigenvalue weighted by atomic mass is 16.4. The van der Waals surface area contributed by atoms with E-state index in [1.807, 2.05) is 6.07 Å². The van der Waals surface area contributed by atoms with Crippen molar-refractivity contribution in [3.8, 4) is 5.69 Å². The number of anilines is 2. The van der Waals surface area contributed by atoms with E-state index < -0.39 is 11.9 Å². The van der Waals surface area contributed by atoms with Crippen molar-refractivity contribution in [2.24, 2.45) is 0 Å². The minimum atomic E-state index is -1.47. The smallest absolute Gasteiger partial charge is 0.251 e. The Morgan fingerprint density at radius 1 is 1.25 bits per heavy atom. The number of aliphatic carboxylic acids is 1. The van der Waals surface area contributed by atoms with Gasteiger partial charge in [-0.05, 0) is 18.2 Å². The summed E-state index contributed by atoms with van der Waals surface area (Å²) in [6.45, 7) is 0. The van der Waals surface area contributed by atoms with Crippen LogP contribution in [0.15, 0.2) is 42.5 Å². The number of nitrogens with one attached hydrogen (secondary N) is 1. The minimum absolute atomic E-state index is 0.0284. The first-order chi connectivity index (χ1) is 9.56. The monoisotopic (exact) mass is 272 g/mol. The van der Waals surface area contributed by atoms with Gasteiger partial charge >= 0.3 is 0 Å². The largest absolute Gasteiger partial charge is 0.545 e. The number of benzene rings is 1. The van der Waals surface area contributed by atoms with Crippen LogP contribution in [0.3, 0.4) is 0 Å². The molecule has 2 rings (SSSR count). The van der Waals surface area contributed by atoms with Crippen molar-refractivity contribution in [3.05, 3.63) is 42.5 Å². The van der Waals surface area contributed by atoms with Crippen molar-refractivity contribution in [1.29, 1.82) is 0 Å². The van der Waals surface area contributed by atoms with E-state index in [0.717, 1.165) is 6.08 Å². The average Bonchev–Trinajstić information content (AvgIpc) is 2.78. The van der Waals surface area contributed by atoms with E-state index in [0.29, 0.717) is 11.8 Å². The molecule has 0 spiro atoms. The summed E-state index contributed by atoms with van der Waals surface area (Å²) < 4.78 is 1.35. The first-order valence-electron chi connectivity index (χ1n) is 5.54. The lowest BCUT2D eigenvalue weighted by Gasteiger charge is -2.00. The molecular weight excluding hydrogens is 262 g/mol. The van der Waals surface area contributed by atoms with Crippen LogP contribution in [0, 0.1) is 0 Å². The molecule has 0 aliphatic carbocycles. The van der Waals surface area contributed by atoms with Crippen LogP contribution in [0.1, 0.15) is 0 Å². The van der Waals surface area contributed by atoms with Gasteiger partial charge in [0.2, 0.25) is 5.95 Å². The van der Waals surface area contributed by atoms with Gasteiger partial charge in [-0.3, -0.25) is 10.1 Å². The number of nitrogens with zero attached hydrogens (tertiary/aromatic N) is 3. The lowest BCUT2D eigenvalue weighted by atomic mass is 10.3. The SMILES string of the molecule is Nc1nc(NC(=O)C=CC(=O)[O-])nn1-c1ccccc1. The topological polar surface area (TPSA) is 126 Å². The molecule has 0 atom stereocenters. The van der Waals surface area contributed by atoms with E-state index in [9.17, 15) is 14.7 Å². The van der Waals surface area contributed by atoms with Gasteiger partial charge in [0.1, 0.15) is 0 Å². The molecule has 3 N–H and O–H groups in total. The van der Waals surface area contributed by atoms with E-state index in [1.54, 1.807) is 24.3 Å². The molecular formula is C12H10N5O3-. The molecule has 0 fully saturated rings. The van der Waals surface area contributed by atoms with Gasteiger partial charge in [-0.15, -0.1) is 5.10 Å².